The van der Waals surface area contributed by atoms with Crippen LogP contribution in [0.3, 0.4) is 0 Å². The summed E-state index contributed by atoms with van der Waals surface area (Å²) in [4.78, 5) is 12.9. The van der Waals surface area contributed by atoms with Gasteiger partial charge in [0.25, 0.3) is 20.0 Å². The molecule has 1 aliphatic rings. The van der Waals surface area contributed by atoms with Crippen molar-refractivity contribution in [1.82, 2.24) is 4.31 Å². The number of anilines is 2. The van der Waals surface area contributed by atoms with Crippen molar-refractivity contribution in [2.45, 2.75) is 28.9 Å². The highest BCUT2D eigenvalue weighted by Crippen LogP contribution is 2.27. The van der Waals surface area contributed by atoms with Gasteiger partial charge in [0, 0.05) is 24.5 Å². The van der Waals surface area contributed by atoms with Gasteiger partial charge in [-0.15, -0.1) is 11.3 Å². The number of amides is 1. The second-order valence-electron chi connectivity index (χ2n) is 8.21. The number of piperidine rings is 1. The Labute approximate surface area is 215 Å². The van der Waals surface area contributed by atoms with Crippen molar-refractivity contribution in [1.29, 1.82) is 0 Å². The van der Waals surface area contributed by atoms with Crippen molar-refractivity contribution in [2.24, 2.45) is 5.92 Å². The lowest BCUT2D eigenvalue weighted by atomic mass is 9.99. The molecule has 1 aromatic heterocycles. The first-order valence-electron chi connectivity index (χ1n) is 11.4. The van der Waals surface area contributed by atoms with E-state index in [-0.39, 0.29) is 21.6 Å². The van der Waals surface area contributed by atoms with Crippen LogP contribution in [0.25, 0.3) is 0 Å². The summed E-state index contributed by atoms with van der Waals surface area (Å²) in [5.74, 6) is -0.159. The van der Waals surface area contributed by atoms with E-state index in [2.05, 4.69) is 10.0 Å². The normalized spacial score (nSPS) is 16.9. The third-order valence-electron chi connectivity index (χ3n) is 5.69. The van der Waals surface area contributed by atoms with E-state index >= 15 is 0 Å². The number of rotatable bonds is 9. The fourth-order valence-electron chi connectivity index (χ4n) is 3.87. The number of hydrogen-bond acceptors (Lipinski definition) is 7. The molecule has 4 rings (SSSR count). The number of carbonyl (C=O) groups excluding carboxylic acids is 1. The first kappa shape index (κ1) is 26.1. The smallest absolute Gasteiger partial charge is 0.261 e. The van der Waals surface area contributed by atoms with Crippen LogP contribution in [0.2, 0.25) is 0 Å². The van der Waals surface area contributed by atoms with Crippen molar-refractivity contribution in [2.75, 3.05) is 29.7 Å². The first-order chi connectivity index (χ1) is 17.2. The summed E-state index contributed by atoms with van der Waals surface area (Å²) in [6.07, 6.45) is 1.15. The maximum Gasteiger partial charge on any atom is 0.261 e. The van der Waals surface area contributed by atoms with Gasteiger partial charge >= 0.3 is 0 Å². The average Bonchev–Trinajstić information content (AvgIpc) is 3.42. The molecule has 1 fully saturated rings. The Morgan fingerprint density at radius 2 is 1.72 bits per heavy atom. The lowest BCUT2D eigenvalue weighted by Gasteiger charge is -2.30. The zero-order chi connectivity index (χ0) is 25.8. The molecule has 36 heavy (non-hydrogen) atoms. The second-order valence-corrected chi connectivity index (χ2v) is 13.0. The molecule has 1 saturated heterocycles. The van der Waals surface area contributed by atoms with Crippen LogP contribution in [0.15, 0.2) is 75.1 Å². The minimum atomic E-state index is -3.83. The quantitative estimate of drug-likeness (QED) is 0.416. The molecule has 0 unspecified atom stereocenters. The van der Waals surface area contributed by atoms with Gasteiger partial charge in [-0.2, -0.15) is 4.31 Å². The molecule has 2 aromatic carbocycles. The van der Waals surface area contributed by atoms with E-state index in [4.69, 9.17) is 4.74 Å². The molecule has 1 amide bonds. The number of nitrogens with zero attached hydrogens (tertiary/aromatic N) is 1. The molecule has 0 saturated carbocycles. The van der Waals surface area contributed by atoms with Gasteiger partial charge in [0.15, 0.2) is 0 Å². The summed E-state index contributed by atoms with van der Waals surface area (Å²) >= 11 is 1.15. The molecule has 1 atom stereocenters. The van der Waals surface area contributed by atoms with E-state index in [0.717, 1.165) is 11.3 Å². The second kappa shape index (κ2) is 11.0. The number of sulfonamides is 2. The van der Waals surface area contributed by atoms with Crippen LogP contribution in [0, 0.1) is 5.92 Å². The van der Waals surface area contributed by atoms with Crippen LogP contribution in [0.5, 0.6) is 5.75 Å². The van der Waals surface area contributed by atoms with Gasteiger partial charge in [-0.1, -0.05) is 6.07 Å². The third-order valence-corrected chi connectivity index (χ3v) is 10.3. The summed E-state index contributed by atoms with van der Waals surface area (Å²) in [5, 5.41) is 4.48. The van der Waals surface area contributed by atoms with Crippen molar-refractivity contribution in [3.05, 3.63) is 66.0 Å². The van der Waals surface area contributed by atoms with Gasteiger partial charge in [0.2, 0.25) is 5.91 Å². The van der Waals surface area contributed by atoms with E-state index in [9.17, 15) is 21.6 Å². The minimum Gasteiger partial charge on any atom is -0.494 e. The number of carbonyl (C=O) groups is 1. The molecule has 1 aliphatic heterocycles. The summed E-state index contributed by atoms with van der Waals surface area (Å²) in [6.45, 7) is 2.85. The van der Waals surface area contributed by atoms with Gasteiger partial charge < -0.3 is 10.1 Å². The molecule has 192 valence electrons. The third kappa shape index (κ3) is 6.06. The summed E-state index contributed by atoms with van der Waals surface area (Å²) in [6, 6.07) is 15.7. The number of benzene rings is 2. The van der Waals surface area contributed by atoms with Crippen LogP contribution in [0.4, 0.5) is 11.4 Å². The number of nitrogens with one attached hydrogen (secondary N) is 2. The van der Waals surface area contributed by atoms with Crippen LogP contribution >= 0.6 is 11.3 Å². The lowest BCUT2D eigenvalue weighted by Crippen LogP contribution is -2.43. The fourth-order valence-corrected chi connectivity index (χ4v) is 7.60. The molecule has 0 aliphatic carbocycles. The fraction of sp³-hybridized carbons (Fsp3) is 0.292. The molecular weight excluding hydrogens is 522 g/mol. The Balaban J connectivity index is 1.38. The van der Waals surface area contributed by atoms with Crippen LogP contribution in [-0.2, 0) is 24.8 Å². The molecule has 2 N–H and O–H groups in total. The average molecular weight is 550 g/mol. The zero-order valence-corrected chi connectivity index (χ0v) is 22.0. The summed E-state index contributed by atoms with van der Waals surface area (Å²) in [7, 11) is -7.45. The molecule has 12 heteroatoms. The molecule has 0 spiro atoms. The number of hydrogen-bond donors (Lipinski definition) is 2. The molecule has 3 aromatic rings. The molecule has 2 heterocycles. The zero-order valence-electron chi connectivity index (χ0n) is 19.6. The maximum atomic E-state index is 12.9. The van der Waals surface area contributed by atoms with Crippen LogP contribution in [-0.4, -0.2) is 46.7 Å². The van der Waals surface area contributed by atoms with Gasteiger partial charge in [-0.05, 0) is 79.7 Å². The highest BCUT2D eigenvalue weighted by atomic mass is 32.2. The lowest BCUT2D eigenvalue weighted by molar-refractivity contribution is -0.120. The standard InChI is InChI=1S/C24H27N3O6S3/c1-2-33-21-11-7-20(8-12-21)26-35(29,30)22-13-9-19(10-14-22)25-24(28)18-5-3-15-27(17-18)36(31,32)23-6-4-16-34-23/h4,6-14,16,18,26H,2-3,5,15,17H2,1H3,(H,25,28)/t18-/m0/s1. The Morgan fingerprint density at radius 3 is 2.36 bits per heavy atom. The SMILES string of the molecule is CCOc1ccc(NS(=O)(=O)c2ccc(NC(=O)[C@H]3CCCN(S(=O)(=O)c4cccs4)C3)cc2)cc1. The highest BCUT2D eigenvalue weighted by molar-refractivity contribution is 7.92. The van der Waals surface area contributed by atoms with E-state index in [1.807, 2.05) is 6.92 Å². The first-order valence-corrected chi connectivity index (χ1v) is 15.2. The van der Waals surface area contributed by atoms with Crippen molar-refractivity contribution >= 4 is 48.7 Å². The number of ether oxygens (including phenoxy) is 1. The Morgan fingerprint density at radius 1 is 1.03 bits per heavy atom. The van der Waals surface area contributed by atoms with Gasteiger partial charge in [-0.25, -0.2) is 16.8 Å². The maximum absolute atomic E-state index is 12.9. The predicted octanol–water partition coefficient (Wildman–Crippen LogP) is 3.99. The van der Waals surface area contributed by atoms with Crippen molar-refractivity contribution < 1.29 is 26.4 Å². The van der Waals surface area contributed by atoms with Crippen LogP contribution in [0.1, 0.15) is 19.8 Å². The number of thiophene rings is 1. The molecule has 0 radical (unpaired) electrons. The van der Waals surface area contributed by atoms with Gasteiger partial charge in [0.1, 0.15) is 9.96 Å². The van der Waals surface area contributed by atoms with E-state index < -0.39 is 26.0 Å². The van der Waals surface area contributed by atoms with Gasteiger partial charge in [-0.3, -0.25) is 9.52 Å². The Hall–Kier alpha value is -2.93. The van der Waals surface area contributed by atoms with Crippen molar-refractivity contribution in [3.63, 3.8) is 0 Å². The molecular formula is C24H27N3O6S3. The highest BCUT2D eigenvalue weighted by Gasteiger charge is 2.33. The van der Waals surface area contributed by atoms with E-state index in [1.54, 1.807) is 41.8 Å². The Bertz CT molecular complexity index is 1390. The molecule has 9 nitrogen and oxygen atoms in total. The van der Waals surface area contributed by atoms with Crippen molar-refractivity contribution in [3.8, 4) is 5.75 Å². The predicted molar refractivity (Wildman–Crippen MR) is 139 cm³/mol. The summed E-state index contributed by atoms with van der Waals surface area (Å²) < 4.78 is 60.6. The minimum absolute atomic E-state index is 0.0419. The largest absolute Gasteiger partial charge is 0.494 e. The Kier molecular flexibility index (Phi) is 7.98. The van der Waals surface area contributed by atoms with Crippen LogP contribution < -0.4 is 14.8 Å². The van der Waals surface area contributed by atoms with Gasteiger partial charge in [0.05, 0.1) is 17.4 Å². The van der Waals surface area contributed by atoms with E-state index in [0.29, 0.717) is 43.1 Å². The summed E-state index contributed by atoms with van der Waals surface area (Å²) in [5.41, 5.74) is 0.827. The topological polar surface area (TPSA) is 122 Å². The monoisotopic (exact) mass is 549 g/mol. The molecule has 0 bridgehead atoms. The van der Waals surface area contributed by atoms with E-state index in [1.165, 1.54) is 28.6 Å².